The number of hydrogen-bond acceptors (Lipinski definition) is 7. The number of carbonyl (C=O) groups is 1. The van der Waals surface area contributed by atoms with Crippen LogP contribution in [0.3, 0.4) is 0 Å². The van der Waals surface area contributed by atoms with Crippen LogP contribution < -0.4 is 15.8 Å². The van der Waals surface area contributed by atoms with E-state index in [2.05, 4.69) is 4.98 Å². The van der Waals surface area contributed by atoms with Gasteiger partial charge in [0, 0.05) is 42.2 Å². The zero-order valence-electron chi connectivity index (χ0n) is 17.6. The van der Waals surface area contributed by atoms with Crippen molar-refractivity contribution in [2.45, 2.75) is 24.6 Å². The highest BCUT2D eigenvalue weighted by molar-refractivity contribution is 7.92. The van der Waals surface area contributed by atoms with Crippen LogP contribution in [0.2, 0.25) is 0 Å². The Kier molecular flexibility index (Phi) is 6.33. The lowest BCUT2D eigenvalue weighted by molar-refractivity contribution is -0.131. The van der Waals surface area contributed by atoms with Gasteiger partial charge in [-0.3, -0.25) is 14.8 Å². The summed E-state index contributed by atoms with van der Waals surface area (Å²) in [5.41, 5.74) is 2.15. The quantitative estimate of drug-likeness (QED) is 0.405. The second-order valence-corrected chi connectivity index (χ2v) is 9.96. The van der Waals surface area contributed by atoms with Crippen molar-refractivity contribution in [2.75, 3.05) is 13.4 Å². The number of rotatable bonds is 7. The van der Waals surface area contributed by atoms with Crippen LogP contribution in [0.15, 0.2) is 47.5 Å². The van der Waals surface area contributed by atoms with Gasteiger partial charge in [-0.1, -0.05) is 6.07 Å². The molecule has 1 atom stereocenters. The van der Waals surface area contributed by atoms with Crippen molar-refractivity contribution in [3.63, 3.8) is 0 Å². The van der Waals surface area contributed by atoms with Crippen LogP contribution in [0.4, 0.5) is 4.39 Å². The van der Waals surface area contributed by atoms with Crippen molar-refractivity contribution in [3.8, 4) is 17.0 Å². The van der Waals surface area contributed by atoms with Gasteiger partial charge in [0.05, 0.1) is 12.5 Å². The lowest BCUT2D eigenvalue weighted by Gasteiger charge is -2.25. The van der Waals surface area contributed by atoms with Crippen LogP contribution in [0.5, 0.6) is 5.88 Å². The molecule has 32 heavy (non-hydrogen) atoms. The third-order valence-electron chi connectivity index (χ3n) is 5.55. The van der Waals surface area contributed by atoms with E-state index in [4.69, 9.17) is 9.94 Å². The molecule has 3 rings (SSSR count). The average Bonchev–Trinajstić information content (AvgIpc) is 2.78. The lowest BCUT2D eigenvalue weighted by Crippen LogP contribution is -2.50. The third-order valence-corrected chi connectivity index (χ3v) is 7.57. The van der Waals surface area contributed by atoms with Crippen molar-refractivity contribution >= 4 is 26.5 Å². The predicted molar refractivity (Wildman–Crippen MR) is 116 cm³/mol. The fraction of sp³-hybridized carbons (Fsp3) is 0.286. The zero-order chi connectivity index (χ0) is 23.7. The van der Waals surface area contributed by atoms with Crippen LogP contribution in [0.1, 0.15) is 13.3 Å². The standard InChI is InChI=1S/C21H22FN3O6S/c1-21(20(27)24-28,32(3,29)30)8-9-25-12-17(22)16-10-13(4-6-15(16)19(25)26)14-5-7-18(31-2)23-11-14/h4-7,10-12,28H,8-9H2,1-3H3,(H,24,27)/t21-/m0/s1. The molecular formula is C21H22FN3O6S. The minimum atomic E-state index is -3.95. The molecule has 0 unspecified atom stereocenters. The Labute approximate surface area is 183 Å². The van der Waals surface area contributed by atoms with Gasteiger partial charge in [-0.2, -0.15) is 0 Å². The second-order valence-electron chi connectivity index (χ2n) is 7.52. The van der Waals surface area contributed by atoms with Gasteiger partial charge < -0.3 is 9.30 Å². The minimum Gasteiger partial charge on any atom is -0.481 e. The number of amides is 1. The molecule has 1 aromatic carbocycles. The third kappa shape index (κ3) is 4.21. The fourth-order valence-corrected chi connectivity index (χ4v) is 4.13. The Bertz CT molecular complexity index is 1340. The SMILES string of the molecule is COc1ccc(-c2ccc3c(=O)n(CC[C@@](C)(C(=O)NO)S(C)(=O)=O)cc(F)c3c2)cn1. The first-order valence-corrected chi connectivity index (χ1v) is 11.4. The molecule has 9 nitrogen and oxygen atoms in total. The van der Waals surface area contributed by atoms with Crippen molar-refractivity contribution in [2.24, 2.45) is 0 Å². The highest BCUT2D eigenvalue weighted by Gasteiger charge is 2.43. The Balaban J connectivity index is 1.99. The maximum atomic E-state index is 14.9. The summed E-state index contributed by atoms with van der Waals surface area (Å²) in [5.74, 6) is -1.39. The number of nitrogens with one attached hydrogen (secondary N) is 1. The van der Waals surface area contributed by atoms with E-state index in [0.717, 1.165) is 23.9 Å². The van der Waals surface area contributed by atoms with Crippen LogP contribution >= 0.6 is 0 Å². The van der Waals surface area contributed by atoms with Crippen molar-refractivity contribution < 1.29 is 27.5 Å². The Hall–Kier alpha value is -3.31. The number of aryl methyl sites for hydroxylation is 1. The molecule has 2 aromatic heterocycles. The Morgan fingerprint density at radius 2 is 1.94 bits per heavy atom. The van der Waals surface area contributed by atoms with Crippen LogP contribution in [-0.4, -0.2) is 47.2 Å². The molecule has 0 saturated heterocycles. The summed E-state index contributed by atoms with van der Waals surface area (Å²) < 4.78 is 43.1. The molecule has 0 radical (unpaired) electrons. The average molecular weight is 463 g/mol. The topological polar surface area (TPSA) is 128 Å². The summed E-state index contributed by atoms with van der Waals surface area (Å²) in [5, 5.41) is 9.11. The number of fused-ring (bicyclic) bond motifs is 1. The Morgan fingerprint density at radius 1 is 1.25 bits per heavy atom. The van der Waals surface area contributed by atoms with E-state index in [9.17, 15) is 22.4 Å². The van der Waals surface area contributed by atoms with Crippen LogP contribution in [-0.2, 0) is 21.2 Å². The summed E-state index contributed by atoms with van der Waals surface area (Å²) in [6.07, 6.45) is 3.04. The number of methoxy groups -OCH3 is 1. The number of aromatic nitrogens is 2. The first-order valence-electron chi connectivity index (χ1n) is 9.49. The van der Waals surface area contributed by atoms with Gasteiger partial charge in [0.15, 0.2) is 14.6 Å². The number of benzene rings is 1. The molecule has 170 valence electrons. The molecule has 2 heterocycles. The predicted octanol–water partition coefficient (Wildman–Crippen LogP) is 1.91. The van der Waals surface area contributed by atoms with Crippen LogP contribution in [0.25, 0.3) is 21.9 Å². The second kappa shape index (κ2) is 8.67. The van der Waals surface area contributed by atoms with E-state index in [0.29, 0.717) is 17.0 Å². The Morgan fingerprint density at radius 3 is 2.50 bits per heavy atom. The van der Waals surface area contributed by atoms with Gasteiger partial charge in [-0.05, 0) is 37.1 Å². The molecule has 0 aliphatic rings. The number of nitrogens with zero attached hydrogens (tertiary/aromatic N) is 2. The monoisotopic (exact) mass is 463 g/mol. The highest BCUT2D eigenvalue weighted by Crippen LogP contribution is 2.26. The van der Waals surface area contributed by atoms with Gasteiger partial charge in [-0.15, -0.1) is 0 Å². The normalized spacial score (nSPS) is 13.5. The summed E-state index contributed by atoms with van der Waals surface area (Å²) in [6.45, 7) is 0.873. The minimum absolute atomic E-state index is 0.0959. The van der Waals surface area contributed by atoms with Gasteiger partial charge in [0.2, 0.25) is 5.88 Å². The van der Waals surface area contributed by atoms with Crippen molar-refractivity contribution in [1.29, 1.82) is 0 Å². The number of sulfone groups is 1. The summed E-state index contributed by atoms with van der Waals surface area (Å²) in [6, 6.07) is 8.07. The zero-order valence-corrected chi connectivity index (χ0v) is 18.4. The smallest absolute Gasteiger partial charge is 0.264 e. The van der Waals surface area contributed by atoms with E-state index in [1.54, 1.807) is 24.4 Å². The van der Waals surface area contributed by atoms with E-state index in [1.807, 2.05) is 0 Å². The molecule has 11 heteroatoms. The largest absolute Gasteiger partial charge is 0.481 e. The molecule has 0 spiro atoms. The maximum Gasteiger partial charge on any atom is 0.264 e. The molecular weight excluding hydrogens is 441 g/mol. The van der Waals surface area contributed by atoms with E-state index in [-0.39, 0.29) is 23.7 Å². The van der Waals surface area contributed by atoms with Crippen molar-refractivity contribution in [3.05, 3.63) is 58.9 Å². The number of hydrogen-bond donors (Lipinski definition) is 2. The molecule has 0 saturated carbocycles. The van der Waals surface area contributed by atoms with E-state index < -0.39 is 31.9 Å². The van der Waals surface area contributed by atoms with Crippen molar-refractivity contribution in [1.82, 2.24) is 15.0 Å². The summed E-state index contributed by atoms with van der Waals surface area (Å²) >= 11 is 0. The first kappa shape index (κ1) is 23.4. The maximum absolute atomic E-state index is 14.9. The molecule has 0 bridgehead atoms. The number of pyridine rings is 2. The number of carbonyl (C=O) groups excluding carboxylic acids is 1. The number of halogens is 1. The fourth-order valence-electron chi connectivity index (χ4n) is 3.28. The molecule has 0 aliphatic heterocycles. The number of hydroxylamine groups is 1. The summed E-state index contributed by atoms with van der Waals surface area (Å²) in [4.78, 5) is 29.0. The lowest BCUT2D eigenvalue weighted by atomic mass is 10.0. The molecule has 0 aliphatic carbocycles. The van der Waals surface area contributed by atoms with E-state index in [1.165, 1.54) is 24.7 Å². The van der Waals surface area contributed by atoms with Crippen LogP contribution in [0, 0.1) is 5.82 Å². The number of ether oxygens (including phenoxy) is 1. The van der Waals surface area contributed by atoms with Gasteiger partial charge >= 0.3 is 0 Å². The molecule has 3 aromatic rings. The first-order chi connectivity index (χ1) is 15.0. The highest BCUT2D eigenvalue weighted by atomic mass is 32.2. The van der Waals surface area contributed by atoms with Gasteiger partial charge in [-0.25, -0.2) is 23.3 Å². The van der Waals surface area contributed by atoms with E-state index >= 15 is 0 Å². The molecule has 1 amide bonds. The van der Waals surface area contributed by atoms with Gasteiger partial charge in [0.25, 0.3) is 11.5 Å². The van der Waals surface area contributed by atoms with Gasteiger partial charge in [0.1, 0.15) is 5.82 Å². The molecule has 0 fully saturated rings. The summed E-state index contributed by atoms with van der Waals surface area (Å²) in [7, 11) is -2.46. The molecule has 2 N–H and O–H groups in total.